The SMILES string of the molecule is CN=C(NCCOc1ccccc1C)NCc1ccccn1.I. The first kappa shape index (κ1) is 19.2. The van der Waals surface area contributed by atoms with Crippen LogP contribution in [0.5, 0.6) is 5.75 Å². The van der Waals surface area contributed by atoms with Crippen molar-refractivity contribution >= 4 is 29.9 Å². The van der Waals surface area contributed by atoms with E-state index in [1.165, 1.54) is 0 Å². The lowest BCUT2D eigenvalue weighted by Gasteiger charge is -2.13. The van der Waals surface area contributed by atoms with E-state index < -0.39 is 0 Å². The molecule has 1 aromatic carbocycles. The monoisotopic (exact) mass is 426 g/mol. The van der Waals surface area contributed by atoms with Crippen molar-refractivity contribution in [3.63, 3.8) is 0 Å². The lowest BCUT2D eigenvalue weighted by atomic mass is 10.2. The Morgan fingerprint density at radius 1 is 1.13 bits per heavy atom. The maximum Gasteiger partial charge on any atom is 0.191 e. The van der Waals surface area contributed by atoms with Gasteiger partial charge in [0.15, 0.2) is 5.96 Å². The van der Waals surface area contributed by atoms with Gasteiger partial charge in [-0.1, -0.05) is 24.3 Å². The van der Waals surface area contributed by atoms with Gasteiger partial charge in [-0.05, 0) is 30.7 Å². The first-order chi connectivity index (χ1) is 10.8. The molecule has 0 aliphatic heterocycles. The van der Waals surface area contributed by atoms with Crippen LogP contribution in [0.3, 0.4) is 0 Å². The summed E-state index contributed by atoms with van der Waals surface area (Å²) in [5.74, 6) is 1.65. The van der Waals surface area contributed by atoms with Gasteiger partial charge in [0.2, 0.25) is 0 Å². The number of aliphatic imine (C=N–C) groups is 1. The number of aromatic nitrogens is 1. The van der Waals surface area contributed by atoms with E-state index in [2.05, 4.69) is 20.6 Å². The fourth-order valence-electron chi connectivity index (χ4n) is 1.95. The Labute approximate surface area is 154 Å². The van der Waals surface area contributed by atoms with Gasteiger partial charge >= 0.3 is 0 Å². The van der Waals surface area contributed by atoms with Crippen LogP contribution in [0, 0.1) is 6.92 Å². The van der Waals surface area contributed by atoms with E-state index in [1.54, 1.807) is 13.2 Å². The molecule has 0 aliphatic rings. The number of halogens is 1. The van der Waals surface area contributed by atoms with Gasteiger partial charge in [0, 0.05) is 13.2 Å². The predicted octanol–water partition coefficient (Wildman–Crippen LogP) is 2.75. The van der Waals surface area contributed by atoms with Crippen molar-refractivity contribution in [1.82, 2.24) is 15.6 Å². The van der Waals surface area contributed by atoms with Crippen LogP contribution < -0.4 is 15.4 Å². The molecule has 0 aliphatic carbocycles. The van der Waals surface area contributed by atoms with E-state index in [9.17, 15) is 0 Å². The topological polar surface area (TPSA) is 58.5 Å². The van der Waals surface area contributed by atoms with Crippen molar-refractivity contribution in [2.45, 2.75) is 13.5 Å². The van der Waals surface area contributed by atoms with Crippen LogP contribution in [-0.2, 0) is 6.54 Å². The molecular weight excluding hydrogens is 403 g/mol. The molecule has 0 bridgehead atoms. The van der Waals surface area contributed by atoms with Crippen molar-refractivity contribution in [2.75, 3.05) is 20.2 Å². The number of pyridine rings is 1. The average Bonchev–Trinajstić information content (AvgIpc) is 2.56. The number of benzene rings is 1. The van der Waals surface area contributed by atoms with Crippen LogP contribution >= 0.6 is 24.0 Å². The summed E-state index contributed by atoms with van der Waals surface area (Å²) in [7, 11) is 1.75. The van der Waals surface area contributed by atoms with E-state index in [0.29, 0.717) is 19.7 Å². The van der Waals surface area contributed by atoms with Crippen molar-refractivity contribution in [3.8, 4) is 5.75 Å². The molecule has 2 N–H and O–H groups in total. The molecule has 0 unspecified atom stereocenters. The standard InChI is InChI=1S/C17H22N4O.HI/c1-14-7-3-4-9-16(14)22-12-11-20-17(18-2)21-13-15-8-5-6-10-19-15;/h3-10H,11-13H2,1-2H3,(H2,18,20,21);1H. The molecule has 0 radical (unpaired) electrons. The maximum absolute atomic E-state index is 5.74. The lowest BCUT2D eigenvalue weighted by molar-refractivity contribution is 0.320. The number of para-hydroxylation sites is 1. The summed E-state index contributed by atoms with van der Waals surface area (Å²) in [4.78, 5) is 8.44. The highest BCUT2D eigenvalue weighted by molar-refractivity contribution is 14.0. The van der Waals surface area contributed by atoms with Crippen molar-refractivity contribution in [1.29, 1.82) is 0 Å². The average molecular weight is 426 g/mol. The Balaban J connectivity index is 0.00000264. The molecule has 23 heavy (non-hydrogen) atoms. The molecule has 124 valence electrons. The second kappa shape index (κ2) is 10.8. The first-order valence-electron chi connectivity index (χ1n) is 7.32. The minimum Gasteiger partial charge on any atom is -0.491 e. The molecule has 6 heteroatoms. The molecule has 1 aromatic heterocycles. The predicted molar refractivity (Wildman–Crippen MR) is 105 cm³/mol. The Morgan fingerprint density at radius 2 is 1.91 bits per heavy atom. The van der Waals surface area contributed by atoms with E-state index in [-0.39, 0.29) is 24.0 Å². The zero-order chi connectivity index (χ0) is 15.6. The molecule has 0 amide bonds. The molecule has 0 atom stereocenters. The molecule has 0 saturated carbocycles. The zero-order valence-corrected chi connectivity index (χ0v) is 15.8. The Hall–Kier alpha value is -1.83. The first-order valence-corrected chi connectivity index (χ1v) is 7.32. The summed E-state index contributed by atoms with van der Waals surface area (Å²) in [6, 6.07) is 13.8. The number of nitrogens with zero attached hydrogens (tertiary/aromatic N) is 2. The fourth-order valence-corrected chi connectivity index (χ4v) is 1.95. The van der Waals surface area contributed by atoms with Crippen LogP contribution in [0.4, 0.5) is 0 Å². The number of guanidine groups is 1. The number of hydrogen-bond donors (Lipinski definition) is 2. The van der Waals surface area contributed by atoms with E-state index in [0.717, 1.165) is 23.0 Å². The molecule has 2 aromatic rings. The van der Waals surface area contributed by atoms with Crippen LogP contribution in [0.25, 0.3) is 0 Å². The van der Waals surface area contributed by atoms with E-state index >= 15 is 0 Å². The maximum atomic E-state index is 5.74. The molecule has 0 fully saturated rings. The quantitative estimate of drug-likeness (QED) is 0.323. The molecule has 0 saturated heterocycles. The van der Waals surface area contributed by atoms with Gasteiger partial charge in [0.05, 0.1) is 18.8 Å². The molecular formula is C17H23IN4O. The van der Waals surface area contributed by atoms with E-state index in [4.69, 9.17) is 4.74 Å². The van der Waals surface area contributed by atoms with Gasteiger partial charge in [0.25, 0.3) is 0 Å². The summed E-state index contributed by atoms with van der Waals surface area (Å²) >= 11 is 0. The Kier molecular flexibility index (Phi) is 9.04. The smallest absolute Gasteiger partial charge is 0.191 e. The summed E-state index contributed by atoms with van der Waals surface area (Å²) in [6.45, 7) is 3.93. The largest absolute Gasteiger partial charge is 0.491 e. The van der Waals surface area contributed by atoms with Gasteiger partial charge < -0.3 is 15.4 Å². The van der Waals surface area contributed by atoms with Gasteiger partial charge in [-0.2, -0.15) is 0 Å². The summed E-state index contributed by atoms with van der Waals surface area (Å²) in [5.41, 5.74) is 2.11. The normalized spacial score (nSPS) is 10.6. The van der Waals surface area contributed by atoms with Crippen molar-refractivity contribution < 1.29 is 4.74 Å². The van der Waals surface area contributed by atoms with Crippen molar-refractivity contribution in [2.24, 2.45) is 4.99 Å². The fraction of sp³-hybridized carbons (Fsp3) is 0.294. The van der Waals surface area contributed by atoms with Crippen LogP contribution in [0.2, 0.25) is 0 Å². The van der Waals surface area contributed by atoms with Crippen LogP contribution in [0.15, 0.2) is 53.7 Å². The number of rotatable bonds is 6. The summed E-state index contributed by atoms with van der Waals surface area (Å²) in [5, 5.41) is 6.43. The zero-order valence-electron chi connectivity index (χ0n) is 13.5. The molecule has 2 rings (SSSR count). The van der Waals surface area contributed by atoms with Gasteiger partial charge in [-0.3, -0.25) is 9.98 Å². The second-order valence-electron chi connectivity index (χ2n) is 4.79. The van der Waals surface area contributed by atoms with Crippen LogP contribution in [0.1, 0.15) is 11.3 Å². The molecule has 0 spiro atoms. The highest BCUT2D eigenvalue weighted by Gasteiger charge is 2.00. The number of nitrogens with one attached hydrogen (secondary N) is 2. The summed E-state index contributed by atoms with van der Waals surface area (Å²) in [6.07, 6.45) is 1.78. The Bertz CT molecular complexity index is 605. The number of hydrogen-bond acceptors (Lipinski definition) is 3. The van der Waals surface area contributed by atoms with Gasteiger partial charge in [-0.25, -0.2) is 0 Å². The molecule has 1 heterocycles. The minimum absolute atomic E-state index is 0. The highest BCUT2D eigenvalue weighted by atomic mass is 127. The van der Waals surface area contributed by atoms with Gasteiger partial charge in [0.1, 0.15) is 12.4 Å². The lowest BCUT2D eigenvalue weighted by Crippen LogP contribution is -2.39. The van der Waals surface area contributed by atoms with Gasteiger partial charge in [-0.15, -0.1) is 24.0 Å². The number of ether oxygens (including phenoxy) is 1. The third-order valence-electron chi connectivity index (χ3n) is 3.13. The minimum atomic E-state index is 0. The summed E-state index contributed by atoms with van der Waals surface area (Å²) < 4.78 is 5.74. The molecule has 5 nitrogen and oxygen atoms in total. The Morgan fingerprint density at radius 3 is 2.61 bits per heavy atom. The van der Waals surface area contributed by atoms with E-state index in [1.807, 2.05) is 49.4 Å². The third-order valence-corrected chi connectivity index (χ3v) is 3.13. The van der Waals surface area contributed by atoms with Crippen LogP contribution in [-0.4, -0.2) is 31.1 Å². The third kappa shape index (κ3) is 6.85. The highest BCUT2D eigenvalue weighted by Crippen LogP contribution is 2.15. The number of aryl methyl sites for hydroxylation is 1. The van der Waals surface area contributed by atoms with Crippen molar-refractivity contribution in [3.05, 3.63) is 59.9 Å². The second-order valence-corrected chi connectivity index (χ2v) is 4.79.